The summed E-state index contributed by atoms with van der Waals surface area (Å²) in [6.07, 6.45) is 0. The number of ether oxygens (including phenoxy) is 1. The van der Waals surface area contributed by atoms with Crippen LogP contribution in [-0.2, 0) is 9.59 Å². The number of hydrogen-bond acceptors (Lipinski definition) is 4. The van der Waals surface area contributed by atoms with E-state index in [0.717, 1.165) is 0 Å². The van der Waals surface area contributed by atoms with Gasteiger partial charge in [0.1, 0.15) is 5.75 Å². The van der Waals surface area contributed by atoms with Gasteiger partial charge in [-0.15, -0.1) is 0 Å². The van der Waals surface area contributed by atoms with E-state index in [4.69, 9.17) is 10.5 Å². The van der Waals surface area contributed by atoms with Gasteiger partial charge in [0.2, 0.25) is 0 Å². The maximum atomic E-state index is 11.5. The number of nitrogens with one attached hydrogen (secondary N) is 2. The number of hydrogen-bond donors (Lipinski definition) is 3. The zero-order valence-electron chi connectivity index (χ0n) is 9.73. The zero-order chi connectivity index (χ0) is 13.5. The normalized spacial score (nSPS) is 9.39. The van der Waals surface area contributed by atoms with Crippen LogP contribution < -0.4 is 21.1 Å². The second-order valence-electron chi connectivity index (χ2n) is 3.30. The van der Waals surface area contributed by atoms with E-state index in [2.05, 4.69) is 22.9 Å². The van der Waals surface area contributed by atoms with Crippen molar-refractivity contribution in [2.45, 2.75) is 0 Å². The first kappa shape index (κ1) is 13.9. The predicted octanol–water partition coefficient (Wildman–Crippen LogP) is 0.0360. The van der Waals surface area contributed by atoms with Crippen molar-refractivity contribution >= 4 is 34.7 Å². The minimum atomic E-state index is -0.811. The number of benzene rings is 1. The summed E-state index contributed by atoms with van der Waals surface area (Å²) < 4.78 is 5.04. The van der Waals surface area contributed by atoms with Crippen LogP contribution in [0.25, 0.3) is 0 Å². The molecule has 0 spiro atoms. The highest BCUT2D eigenvalue weighted by atomic mass is 32.1. The highest BCUT2D eigenvalue weighted by Crippen LogP contribution is 2.22. The zero-order valence-corrected chi connectivity index (χ0v) is 10.5. The van der Waals surface area contributed by atoms with Crippen molar-refractivity contribution < 1.29 is 14.3 Å². The molecule has 2 amide bonds. The highest BCUT2D eigenvalue weighted by Gasteiger charge is 2.15. The van der Waals surface area contributed by atoms with Crippen LogP contribution >= 0.6 is 12.2 Å². The van der Waals surface area contributed by atoms with E-state index < -0.39 is 11.8 Å². The molecule has 0 radical (unpaired) electrons. The van der Waals surface area contributed by atoms with Gasteiger partial charge >= 0.3 is 11.8 Å². The van der Waals surface area contributed by atoms with E-state index in [1.54, 1.807) is 24.3 Å². The first-order chi connectivity index (χ1) is 8.54. The molecule has 7 heteroatoms. The fourth-order valence-electron chi connectivity index (χ4n) is 1.17. The molecule has 0 aromatic heterocycles. The monoisotopic (exact) mass is 267 g/mol. The van der Waals surface area contributed by atoms with Crippen LogP contribution in [0.5, 0.6) is 5.75 Å². The second kappa shape index (κ2) is 6.55. The van der Waals surface area contributed by atoms with Gasteiger partial charge in [0.25, 0.3) is 0 Å². The first-order valence-electron chi connectivity index (χ1n) is 5.05. The van der Waals surface area contributed by atoms with Crippen LogP contribution in [0.15, 0.2) is 24.3 Å². The molecule has 0 atom stereocenters. The van der Waals surface area contributed by atoms with Crippen molar-refractivity contribution in [3.05, 3.63) is 24.3 Å². The van der Waals surface area contributed by atoms with Crippen LogP contribution in [0.2, 0.25) is 0 Å². The van der Waals surface area contributed by atoms with Crippen LogP contribution in [-0.4, -0.2) is 30.5 Å². The largest absolute Gasteiger partial charge is 0.495 e. The lowest BCUT2D eigenvalue weighted by Gasteiger charge is -2.09. The number of methoxy groups -OCH3 is 1. The van der Waals surface area contributed by atoms with Crippen LogP contribution in [0.3, 0.4) is 0 Å². The maximum Gasteiger partial charge on any atom is 0.313 e. The summed E-state index contributed by atoms with van der Waals surface area (Å²) in [5, 5.41) is 4.71. The Balaban J connectivity index is 2.64. The molecule has 0 aliphatic heterocycles. The number of rotatable bonds is 4. The second-order valence-corrected chi connectivity index (χ2v) is 3.83. The third-order valence-corrected chi connectivity index (χ3v) is 2.13. The smallest absolute Gasteiger partial charge is 0.313 e. The quantitative estimate of drug-likeness (QED) is 0.529. The first-order valence-corrected chi connectivity index (χ1v) is 5.46. The maximum absolute atomic E-state index is 11.5. The topological polar surface area (TPSA) is 93.4 Å². The number of carbonyl (C=O) groups is 2. The molecule has 18 heavy (non-hydrogen) atoms. The third-order valence-electron chi connectivity index (χ3n) is 1.98. The van der Waals surface area contributed by atoms with Gasteiger partial charge in [0.15, 0.2) is 0 Å². The lowest BCUT2D eigenvalue weighted by atomic mass is 10.3. The number of nitrogens with two attached hydrogens (primary N) is 1. The highest BCUT2D eigenvalue weighted by molar-refractivity contribution is 7.80. The minimum absolute atomic E-state index is 0.0203. The Labute approximate surface area is 109 Å². The summed E-state index contributed by atoms with van der Waals surface area (Å²) in [7, 11) is 1.47. The SMILES string of the molecule is COc1ccccc1NC(=O)C(=O)NCC(N)=S. The van der Waals surface area contributed by atoms with E-state index in [-0.39, 0.29) is 11.5 Å². The standard InChI is InChI=1S/C11H13N3O3S/c1-17-8-5-3-2-4-7(8)14-11(16)10(15)13-6-9(12)18/h2-5H,6H2,1H3,(H2,12,18)(H,13,15)(H,14,16). The van der Waals surface area contributed by atoms with E-state index in [1.807, 2.05) is 0 Å². The molecule has 0 saturated heterocycles. The number of carbonyl (C=O) groups excluding carboxylic acids is 2. The summed E-state index contributed by atoms with van der Waals surface area (Å²) in [5.41, 5.74) is 5.62. The Hall–Kier alpha value is -2.15. The molecule has 1 aromatic rings. The molecule has 0 saturated carbocycles. The van der Waals surface area contributed by atoms with Crippen molar-refractivity contribution in [2.75, 3.05) is 19.0 Å². The Morgan fingerprint density at radius 1 is 1.33 bits per heavy atom. The molecule has 0 heterocycles. The van der Waals surface area contributed by atoms with Crippen molar-refractivity contribution in [3.8, 4) is 5.75 Å². The van der Waals surface area contributed by atoms with Crippen LogP contribution in [0.1, 0.15) is 0 Å². The number of para-hydroxylation sites is 2. The van der Waals surface area contributed by atoms with E-state index >= 15 is 0 Å². The molecule has 0 aliphatic rings. The van der Waals surface area contributed by atoms with Crippen molar-refractivity contribution in [2.24, 2.45) is 5.73 Å². The summed E-state index contributed by atoms with van der Waals surface area (Å²) in [5.74, 6) is -1.16. The van der Waals surface area contributed by atoms with Gasteiger partial charge in [-0.3, -0.25) is 9.59 Å². The molecular weight excluding hydrogens is 254 g/mol. The molecule has 96 valence electrons. The summed E-state index contributed by atoms with van der Waals surface area (Å²) in [6.45, 7) is -0.0203. The minimum Gasteiger partial charge on any atom is -0.495 e. The lowest BCUT2D eigenvalue weighted by molar-refractivity contribution is -0.135. The van der Waals surface area contributed by atoms with Gasteiger partial charge in [-0.25, -0.2) is 0 Å². The van der Waals surface area contributed by atoms with Crippen molar-refractivity contribution in [1.82, 2.24) is 5.32 Å². The number of thiocarbonyl (C=S) groups is 1. The van der Waals surface area contributed by atoms with E-state index in [0.29, 0.717) is 11.4 Å². The average Bonchev–Trinajstić information content (AvgIpc) is 2.36. The summed E-state index contributed by atoms with van der Waals surface area (Å²) >= 11 is 4.58. The fraction of sp³-hybridized carbons (Fsp3) is 0.182. The Morgan fingerprint density at radius 2 is 2.00 bits per heavy atom. The third kappa shape index (κ3) is 4.02. The predicted molar refractivity (Wildman–Crippen MR) is 71.4 cm³/mol. The van der Waals surface area contributed by atoms with Crippen LogP contribution in [0.4, 0.5) is 5.69 Å². The Morgan fingerprint density at radius 3 is 2.61 bits per heavy atom. The number of amides is 2. The fourth-order valence-corrected chi connectivity index (χ4v) is 1.25. The molecule has 0 bridgehead atoms. The van der Waals surface area contributed by atoms with Gasteiger partial charge in [-0.2, -0.15) is 0 Å². The van der Waals surface area contributed by atoms with Gasteiger partial charge in [0, 0.05) is 0 Å². The molecule has 1 aromatic carbocycles. The number of anilines is 1. The van der Waals surface area contributed by atoms with Gasteiger partial charge in [-0.05, 0) is 12.1 Å². The molecule has 0 aliphatic carbocycles. The van der Waals surface area contributed by atoms with Crippen molar-refractivity contribution in [3.63, 3.8) is 0 Å². The van der Waals surface area contributed by atoms with Gasteiger partial charge < -0.3 is 21.1 Å². The van der Waals surface area contributed by atoms with Gasteiger partial charge in [-0.1, -0.05) is 24.4 Å². The summed E-state index contributed by atoms with van der Waals surface area (Å²) in [4.78, 5) is 23.0. The molecular formula is C11H13N3O3S. The summed E-state index contributed by atoms with van der Waals surface area (Å²) in [6, 6.07) is 6.76. The molecule has 4 N–H and O–H groups in total. The van der Waals surface area contributed by atoms with E-state index in [9.17, 15) is 9.59 Å². The van der Waals surface area contributed by atoms with Gasteiger partial charge in [0.05, 0.1) is 24.3 Å². The average molecular weight is 267 g/mol. The molecule has 1 rings (SSSR count). The lowest BCUT2D eigenvalue weighted by Crippen LogP contribution is -2.39. The van der Waals surface area contributed by atoms with Crippen LogP contribution in [0, 0.1) is 0 Å². The molecule has 6 nitrogen and oxygen atoms in total. The van der Waals surface area contributed by atoms with Crippen molar-refractivity contribution in [1.29, 1.82) is 0 Å². The molecule has 0 unspecified atom stereocenters. The Kier molecular flexibility index (Phi) is 5.06. The Bertz CT molecular complexity index is 476. The van der Waals surface area contributed by atoms with E-state index in [1.165, 1.54) is 7.11 Å². The molecule has 0 fully saturated rings.